The van der Waals surface area contributed by atoms with Gasteiger partial charge in [-0.25, -0.2) is 0 Å². The molecule has 1 unspecified atom stereocenters. The van der Waals surface area contributed by atoms with E-state index < -0.39 is 0 Å². The second-order valence-corrected chi connectivity index (χ2v) is 4.44. The molecule has 1 aromatic rings. The minimum Gasteiger partial charge on any atom is -0.372 e. The Balaban J connectivity index is 2.57. The number of para-hydroxylation sites is 1. The van der Waals surface area contributed by atoms with Gasteiger partial charge in [-0.05, 0) is 18.6 Å². The van der Waals surface area contributed by atoms with Gasteiger partial charge in [-0.2, -0.15) is 0 Å². The van der Waals surface area contributed by atoms with Crippen LogP contribution in [-0.4, -0.2) is 25.8 Å². The molecule has 0 radical (unpaired) electrons. The fourth-order valence-electron chi connectivity index (χ4n) is 2.23. The minimum atomic E-state index is 0.0326. The van der Waals surface area contributed by atoms with Gasteiger partial charge in [-0.15, -0.1) is 0 Å². The number of carbonyl (C=O) groups excluding carboxylic acids is 2. The highest BCUT2D eigenvalue weighted by Gasteiger charge is 2.26. The van der Waals surface area contributed by atoms with Gasteiger partial charge >= 0.3 is 0 Å². The van der Waals surface area contributed by atoms with E-state index in [9.17, 15) is 9.59 Å². The van der Waals surface area contributed by atoms with Crippen molar-refractivity contribution < 1.29 is 9.59 Å². The standard InChI is InChI=1S/C13H16N2O2/c1-9-6-7-15(2)12-10(13(9)17)4-3-5-11(12)14-8-16/h3-5,8-9H,6-7H2,1-2H3,(H,14,16). The fourth-order valence-corrected chi connectivity index (χ4v) is 2.23. The number of Topliss-reactive ketones (excluding diaryl/α,β-unsaturated/α-hetero) is 1. The lowest BCUT2D eigenvalue weighted by Crippen LogP contribution is -2.19. The zero-order valence-electron chi connectivity index (χ0n) is 10.1. The van der Waals surface area contributed by atoms with Crippen LogP contribution in [0.3, 0.4) is 0 Å². The highest BCUT2D eigenvalue weighted by molar-refractivity contribution is 6.06. The molecule has 1 heterocycles. The maximum atomic E-state index is 12.2. The Labute approximate surface area is 101 Å². The van der Waals surface area contributed by atoms with Crippen LogP contribution < -0.4 is 10.2 Å². The van der Waals surface area contributed by atoms with E-state index in [-0.39, 0.29) is 11.7 Å². The summed E-state index contributed by atoms with van der Waals surface area (Å²) in [6.45, 7) is 2.77. The first kappa shape index (κ1) is 11.6. The number of fused-ring (bicyclic) bond motifs is 1. The van der Waals surface area contributed by atoms with E-state index in [0.717, 1.165) is 18.7 Å². The van der Waals surface area contributed by atoms with Crippen molar-refractivity contribution in [2.45, 2.75) is 13.3 Å². The molecule has 0 saturated heterocycles. The van der Waals surface area contributed by atoms with Crippen LogP contribution in [0, 0.1) is 5.92 Å². The third-order valence-corrected chi connectivity index (χ3v) is 3.24. The van der Waals surface area contributed by atoms with Crippen LogP contribution in [0.25, 0.3) is 0 Å². The van der Waals surface area contributed by atoms with Crippen LogP contribution in [-0.2, 0) is 4.79 Å². The molecule has 2 rings (SSSR count). The molecule has 90 valence electrons. The molecule has 1 atom stereocenters. The molecule has 1 aliphatic rings. The van der Waals surface area contributed by atoms with Crippen molar-refractivity contribution in [2.75, 3.05) is 23.8 Å². The zero-order chi connectivity index (χ0) is 12.4. The highest BCUT2D eigenvalue weighted by atomic mass is 16.1. The molecule has 1 aliphatic heterocycles. The van der Waals surface area contributed by atoms with Crippen LogP contribution in [0.1, 0.15) is 23.7 Å². The number of amides is 1. The Morgan fingerprint density at radius 2 is 2.24 bits per heavy atom. The van der Waals surface area contributed by atoms with Crippen molar-refractivity contribution >= 4 is 23.6 Å². The van der Waals surface area contributed by atoms with Gasteiger partial charge in [0.05, 0.1) is 11.4 Å². The van der Waals surface area contributed by atoms with Crippen molar-refractivity contribution in [2.24, 2.45) is 5.92 Å². The van der Waals surface area contributed by atoms with E-state index in [0.29, 0.717) is 17.7 Å². The Bertz CT molecular complexity index is 457. The van der Waals surface area contributed by atoms with Gasteiger partial charge in [0.25, 0.3) is 0 Å². The van der Waals surface area contributed by atoms with Gasteiger partial charge in [0.15, 0.2) is 5.78 Å². The predicted octanol–water partition coefficient (Wildman–Crippen LogP) is 1.91. The summed E-state index contributed by atoms with van der Waals surface area (Å²) in [6.07, 6.45) is 1.48. The van der Waals surface area contributed by atoms with Gasteiger partial charge in [-0.3, -0.25) is 9.59 Å². The SMILES string of the molecule is CC1CCN(C)c2c(NC=O)cccc2C1=O. The average Bonchev–Trinajstić information content (AvgIpc) is 2.44. The average molecular weight is 232 g/mol. The topological polar surface area (TPSA) is 49.4 Å². The quantitative estimate of drug-likeness (QED) is 0.792. The first-order chi connectivity index (χ1) is 8.15. The lowest BCUT2D eigenvalue weighted by molar-refractivity contribution is -0.105. The molecule has 0 saturated carbocycles. The van der Waals surface area contributed by atoms with Gasteiger partial charge in [0.2, 0.25) is 6.41 Å². The van der Waals surface area contributed by atoms with E-state index in [1.807, 2.05) is 31.0 Å². The zero-order valence-corrected chi connectivity index (χ0v) is 10.1. The van der Waals surface area contributed by atoms with E-state index >= 15 is 0 Å². The Morgan fingerprint density at radius 3 is 2.94 bits per heavy atom. The number of hydrogen-bond donors (Lipinski definition) is 1. The van der Waals surface area contributed by atoms with Crippen molar-refractivity contribution in [3.05, 3.63) is 23.8 Å². The lowest BCUT2D eigenvalue weighted by atomic mass is 9.97. The maximum Gasteiger partial charge on any atom is 0.211 e. The third-order valence-electron chi connectivity index (χ3n) is 3.24. The van der Waals surface area contributed by atoms with Crippen LogP contribution in [0.4, 0.5) is 11.4 Å². The van der Waals surface area contributed by atoms with Crippen molar-refractivity contribution in [3.8, 4) is 0 Å². The predicted molar refractivity (Wildman–Crippen MR) is 67.5 cm³/mol. The van der Waals surface area contributed by atoms with Crippen LogP contribution in [0.5, 0.6) is 0 Å². The smallest absolute Gasteiger partial charge is 0.211 e. The van der Waals surface area contributed by atoms with Gasteiger partial charge in [0, 0.05) is 25.1 Å². The highest BCUT2D eigenvalue weighted by Crippen LogP contribution is 2.34. The number of carbonyl (C=O) groups is 2. The van der Waals surface area contributed by atoms with Gasteiger partial charge < -0.3 is 10.2 Å². The molecule has 0 spiro atoms. The van der Waals surface area contributed by atoms with Crippen molar-refractivity contribution in [3.63, 3.8) is 0 Å². The van der Waals surface area contributed by atoms with E-state index in [1.165, 1.54) is 0 Å². The Kier molecular flexibility index (Phi) is 3.13. The molecule has 1 amide bonds. The normalized spacial score (nSPS) is 19.5. The number of anilines is 2. The van der Waals surface area contributed by atoms with Crippen LogP contribution in [0.2, 0.25) is 0 Å². The lowest BCUT2D eigenvalue weighted by Gasteiger charge is -2.21. The summed E-state index contributed by atoms with van der Waals surface area (Å²) < 4.78 is 0. The summed E-state index contributed by atoms with van der Waals surface area (Å²) in [4.78, 5) is 24.8. The number of ketones is 1. The summed E-state index contributed by atoms with van der Waals surface area (Å²) in [5, 5.41) is 2.65. The summed E-state index contributed by atoms with van der Waals surface area (Å²) in [6, 6.07) is 5.44. The summed E-state index contributed by atoms with van der Waals surface area (Å²) >= 11 is 0. The molecular formula is C13H16N2O2. The second-order valence-electron chi connectivity index (χ2n) is 4.44. The molecule has 0 aromatic heterocycles. The molecular weight excluding hydrogens is 216 g/mol. The summed E-state index contributed by atoms with van der Waals surface area (Å²) in [5.41, 5.74) is 2.22. The molecule has 0 aliphatic carbocycles. The fraction of sp³-hybridized carbons (Fsp3) is 0.385. The number of nitrogens with one attached hydrogen (secondary N) is 1. The number of rotatable bonds is 2. The van der Waals surface area contributed by atoms with E-state index in [1.54, 1.807) is 6.07 Å². The van der Waals surface area contributed by atoms with Crippen LogP contribution in [0.15, 0.2) is 18.2 Å². The monoisotopic (exact) mass is 232 g/mol. The molecule has 17 heavy (non-hydrogen) atoms. The Hall–Kier alpha value is -1.84. The van der Waals surface area contributed by atoms with Crippen molar-refractivity contribution in [1.29, 1.82) is 0 Å². The largest absolute Gasteiger partial charge is 0.372 e. The van der Waals surface area contributed by atoms with E-state index in [2.05, 4.69) is 5.32 Å². The summed E-state index contributed by atoms with van der Waals surface area (Å²) in [5.74, 6) is 0.184. The molecule has 4 heteroatoms. The molecule has 4 nitrogen and oxygen atoms in total. The number of benzene rings is 1. The molecule has 1 N–H and O–H groups in total. The summed E-state index contributed by atoms with van der Waals surface area (Å²) in [7, 11) is 1.94. The molecule has 0 bridgehead atoms. The first-order valence-corrected chi connectivity index (χ1v) is 5.73. The second kappa shape index (κ2) is 4.57. The number of nitrogens with zero attached hydrogens (tertiary/aromatic N) is 1. The van der Waals surface area contributed by atoms with E-state index in [4.69, 9.17) is 0 Å². The third kappa shape index (κ3) is 2.02. The van der Waals surface area contributed by atoms with Gasteiger partial charge in [-0.1, -0.05) is 13.0 Å². The molecule has 0 fully saturated rings. The Morgan fingerprint density at radius 1 is 1.47 bits per heavy atom. The number of hydrogen-bond acceptors (Lipinski definition) is 3. The molecule has 1 aromatic carbocycles. The van der Waals surface area contributed by atoms with Crippen molar-refractivity contribution in [1.82, 2.24) is 0 Å². The van der Waals surface area contributed by atoms with Gasteiger partial charge in [0.1, 0.15) is 0 Å². The first-order valence-electron chi connectivity index (χ1n) is 5.73. The minimum absolute atomic E-state index is 0.0326. The van der Waals surface area contributed by atoms with Crippen LogP contribution >= 0.6 is 0 Å². The maximum absolute atomic E-state index is 12.2.